The molecule has 0 unspecified atom stereocenters. The Kier molecular flexibility index (Phi) is 4.71. The highest BCUT2D eigenvalue weighted by molar-refractivity contribution is 9.10. The summed E-state index contributed by atoms with van der Waals surface area (Å²) in [4.78, 5) is 30.4. The number of methoxy groups -OCH3 is 1. The molecule has 2 aromatic carbocycles. The quantitative estimate of drug-likeness (QED) is 0.678. The van der Waals surface area contributed by atoms with E-state index >= 15 is 0 Å². The fourth-order valence-electron chi connectivity index (χ4n) is 2.36. The standard InChI is InChI=1S/C17H14BrN3O4/c1-24-13-7-9(6-11(18)15(13)25-8-14(19)22)16-20-12-5-3-2-4-10(12)17(23)21-16/h2-7H,8H2,1H3,(H2,19,22)(H,20,21,23). The number of H-pyrrole nitrogens is 1. The molecule has 7 nitrogen and oxygen atoms in total. The number of hydrogen-bond acceptors (Lipinski definition) is 5. The Hall–Kier alpha value is -2.87. The van der Waals surface area contributed by atoms with Gasteiger partial charge in [0.1, 0.15) is 5.82 Å². The Labute approximate surface area is 150 Å². The largest absolute Gasteiger partial charge is 0.493 e. The SMILES string of the molecule is COc1cc(-c2nc3ccccc3c(=O)[nH]2)cc(Br)c1OCC(N)=O. The molecule has 0 bridgehead atoms. The Morgan fingerprint density at radius 2 is 2.08 bits per heavy atom. The third-order valence-electron chi connectivity index (χ3n) is 3.47. The molecular weight excluding hydrogens is 390 g/mol. The average Bonchev–Trinajstić information content (AvgIpc) is 2.59. The third-order valence-corrected chi connectivity index (χ3v) is 4.06. The molecule has 0 atom stereocenters. The molecule has 25 heavy (non-hydrogen) atoms. The van der Waals surface area contributed by atoms with E-state index in [0.29, 0.717) is 38.3 Å². The van der Waals surface area contributed by atoms with E-state index in [1.807, 2.05) is 6.07 Å². The highest BCUT2D eigenvalue weighted by atomic mass is 79.9. The molecule has 8 heteroatoms. The zero-order valence-electron chi connectivity index (χ0n) is 13.2. The summed E-state index contributed by atoms with van der Waals surface area (Å²) >= 11 is 3.38. The number of carbonyl (C=O) groups is 1. The van der Waals surface area contributed by atoms with Crippen molar-refractivity contribution in [3.05, 3.63) is 51.2 Å². The first kappa shape index (κ1) is 17.0. The first-order chi connectivity index (χ1) is 12.0. The maximum absolute atomic E-state index is 12.2. The van der Waals surface area contributed by atoms with Crippen LogP contribution in [-0.2, 0) is 4.79 Å². The minimum atomic E-state index is -0.599. The molecule has 0 saturated heterocycles. The number of para-hydroxylation sites is 1. The van der Waals surface area contributed by atoms with Gasteiger partial charge in [-0.05, 0) is 40.2 Å². The maximum Gasteiger partial charge on any atom is 0.259 e. The molecule has 0 saturated carbocycles. The Bertz CT molecular complexity index is 1020. The number of ether oxygens (including phenoxy) is 2. The van der Waals surface area contributed by atoms with Crippen LogP contribution in [0.3, 0.4) is 0 Å². The zero-order chi connectivity index (χ0) is 18.0. The van der Waals surface area contributed by atoms with Crippen molar-refractivity contribution in [3.63, 3.8) is 0 Å². The maximum atomic E-state index is 12.2. The summed E-state index contributed by atoms with van der Waals surface area (Å²) in [6, 6.07) is 10.5. The van der Waals surface area contributed by atoms with Crippen LogP contribution in [-0.4, -0.2) is 29.6 Å². The Morgan fingerprint density at radius 3 is 2.80 bits per heavy atom. The highest BCUT2D eigenvalue weighted by Crippen LogP contribution is 2.39. The molecule has 0 fully saturated rings. The van der Waals surface area contributed by atoms with Crippen molar-refractivity contribution in [2.45, 2.75) is 0 Å². The zero-order valence-corrected chi connectivity index (χ0v) is 14.8. The predicted molar refractivity (Wildman–Crippen MR) is 96.7 cm³/mol. The summed E-state index contributed by atoms with van der Waals surface area (Å²) < 4.78 is 11.2. The minimum Gasteiger partial charge on any atom is -0.493 e. The molecule has 3 N–H and O–H groups in total. The predicted octanol–water partition coefficient (Wildman–Crippen LogP) is 2.23. The van der Waals surface area contributed by atoms with Gasteiger partial charge in [0.25, 0.3) is 11.5 Å². The van der Waals surface area contributed by atoms with E-state index in [9.17, 15) is 9.59 Å². The highest BCUT2D eigenvalue weighted by Gasteiger charge is 2.15. The summed E-state index contributed by atoms with van der Waals surface area (Å²) in [6.45, 7) is -0.278. The van der Waals surface area contributed by atoms with Gasteiger partial charge in [-0.3, -0.25) is 9.59 Å². The summed E-state index contributed by atoms with van der Waals surface area (Å²) in [6.07, 6.45) is 0. The van der Waals surface area contributed by atoms with Gasteiger partial charge in [-0.2, -0.15) is 0 Å². The number of hydrogen-bond donors (Lipinski definition) is 2. The molecule has 128 valence electrons. The van der Waals surface area contributed by atoms with Gasteiger partial charge < -0.3 is 20.2 Å². The lowest BCUT2D eigenvalue weighted by molar-refractivity contribution is -0.119. The van der Waals surface area contributed by atoms with Gasteiger partial charge in [0.15, 0.2) is 18.1 Å². The number of rotatable bonds is 5. The molecule has 0 radical (unpaired) electrons. The van der Waals surface area contributed by atoms with E-state index in [1.165, 1.54) is 7.11 Å². The van der Waals surface area contributed by atoms with E-state index in [2.05, 4.69) is 25.9 Å². The summed E-state index contributed by atoms with van der Waals surface area (Å²) in [5, 5.41) is 0.513. The fourth-order valence-corrected chi connectivity index (χ4v) is 2.92. The smallest absolute Gasteiger partial charge is 0.259 e. The lowest BCUT2D eigenvalue weighted by Gasteiger charge is -2.13. The number of fused-ring (bicyclic) bond motifs is 1. The molecule has 0 spiro atoms. The molecule has 1 amide bonds. The molecular formula is C17H14BrN3O4. The van der Waals surface area contributed by atoms with Crippen molar-refractivity contribution in [1.82, 2.24) is 9.97 Å². The van der Waals surface area contributed by atoms with E-state index in [4.69, 9.17) is 15.2 Å². The number of carbonyl (C=O) groups excluding carboxylic acids is 1. The summed E-state index contributed by atoms with van der Waals surface area (Å²) in [5.41, 5.74) is 6.08. The van der Waals surface area contributed by atoms with Crippen LogP contribution in [0.4, 0.5) is 0 Å². The fraction of sp³-hybridized carbons (Fsp3) is 0.118. The van der Waals surface area contributed by atoms with E-state index in [-0.39, 0.29) is 12.2 Å². The van der Waals surface area contributed by atoms with Gasteiger partial charge in [-0.25, -0.2) is 4.98 Å². The van der Waals surface area contributed by atoms with Crippen LogP contribution in [0.2, 0.25) is 0 Å². The molecule has 1 heterocycles. The van der Waals surface area contributed by atoms with E-state index in [1.54, 1.807) is 30.3 Å². The Morgan fingerprint density at radius 1 is 1.32 bits per heavy atom. The number of nitrogens with one attached hydrogen (secondary N) is 1. The van der Waals surface area contributed by atoms with Gasteiger partial charge in [-0.15, -0.1) is 0 Å². The molecule has 0 aliphatic heterocycles. The topological polar surface area (TPSA) is 107 Å². The normalized spacial score (nSPS) is 10.6. The second kappa shape index (κ2) is 6.94. The molecule has 3 aromatic rings. The molecule has 1 aromatic heterocycles. The summed E-state index contributed by atoms with van der Waals surface area (Å²) in [7, 11) is 1.47. The number of halogens is 1. The number of primary amides is 1. The van der Waals surface area contributed by atoms with Crippen molar-refractivity contribution in [3.8, 4) is 22.9 Å². The number of aromatic nitrogens is 2. The first-order valence-corrected chi connectivity index (χ1v) is 8.07. The number of nitrogens with zero attached hydrogens (tertiary/aromatic N) is 1. The van der Waals surface area contributed by atoms with Gasteiger partial charge in [0.2, 0.25) is 0 Å². The molecule has 0 aliphatic rings. The van der Waals surface area contributed by atoms with Crippen molar-refractivity contribution in [2.75, 3.05) is 13.7 Å². The third kappa shape index (κ3) is 3.48. The van der Waals surface area contributed by atoms with Crippen LogP contribution in [0.1, 0.15) is 0 Å². The second-order valence-corrected chi connectivity index (χ2v) is 6.03. The van der Waals surface area contributed by atoms with Crippen LogP contribution in [0, 0.1) is 0 Å². The number of aromatic amines is 1. The molecule has 0 aliphatic carbocycles. The van der Waals surface area contributed by atoms with E-state index < -0.39 is 5.91 Å². The second-order valence-electron chi connectivity index (χ2n) is 5.18. The van der Waals surface area contributed by atoms with Gasteiger partial charge in [-0.1, -0.05) is 12.1 Å². The lowest BCUT2D eigenvalue weighted by Crippen LogP contribution is -2.20. The monoisotopic (exact) mass is 403 g/mol. The van der Waals surface area contributed by atoms with Crippen molar-refractivity contribution >= 4 is 32.7 Å². The van der Waals surface area contributed by atoms with Crippen LogP contribution in [0.15, 0.2) is 45.7 Å². The number of nitrogens with two attached hydrogens (primary N) is 1. The molecule has 3 rings (SSSR count). The van der Waals surface area contributed by atoms with E-state index in [0.717, 1.165) is 0 Å². The minimum absolute atomic E-state index is 0.232. The average molecular weight is 404 g/mol. The number of benzene rings is 2. The van der Waals surface area contributed by atoms with Crippen LogP contribution in [0.5, 0.6) is 11.5 Å². The van der Waals surface area contributed by atoms with Crippen LogP contribution >= 0.6 is 15.9 Å². The first-order valence-electron chi connectivity index (χ1n) is 7.27. The Balaban J connectivity index is 2.10. The van der Waals surface area contributed by atoms with Gasteiger partial charge in [0.05, 0.1) is 22.5 Å². The summed E-state index contributed by atoms with van der Waals surface area (Å²) in [5.74, 6) is 0.511. The van der Waals surface area contributed by atoms with Gasteiger partial charge in [0, 0.05) is 5.56 Å². The van der Waals surface area contributed by atoms with Crippen molar-refractivity contribution in [1.29, 1.82) is 0 Å². The van der Waals surface area contributed by atoms with Crippen molar-refractivity contribution < 1.29 is 14.3 Å². The van der Waals surface area contributed by atoms with Crippen LogP contribution < -0.4 is 20.8 Å². The lowest BCUT2D eigenvalue weighted by atomic mass is 10.1. The van der Waals surface area contributed by atoms with Gasteiger partial charge >= 0.3 is 0 Å². The number of amides is 1. The van der Waals surface area contributed by atoms with Crippen LogP contribution in [0.25, 0.3) is 22.3 Å². The van der Waals surface area contributed by atoms with Crippen molar-refractivity contribution in [2.24, 2.45) is 5.73 Å².